The van der Waals surface area contributed by atoms with Crippen LogP contribution >= 0.6 is 0 Å². The van der Waals surface area contributed by atoms with E-state index in [-0.39, 0.29) is 6.61 Å². The molecule has 0 aromatic heterocycles. The molecule has 1 unspecified atom stereocenters. The summed E-state index contributed by atoms with van der Waals surface area (Å²) in [6, 6.07) is 7.74. The van der Waals surface area contributed by atoms with E-state index in [1.165, 1.54) is 5.56 Å². The fourth-order valence-corrected chi connectivity index (χ4v) is 4.03. The Morgan fingerprint density at radius 3 is 1.91 bits per heavy atom. The normalized spacial score (nSPS) is 39.7. The maximum absolute atomic E-state index is 10.6. The highest BCUT2D eigenvalue weighted by Crippen LogP contribution is 2.30. The average molecular weight is 489 g/mol. The fourth-order valence-electron chi connectivity index (χ4n) is 4.03. The Labute approximate surface area is 198 Å². The van der Waals surface area contributed by atoms with Crippen molar-refractivity contribution >= 4 is 0 Å². The van der Waals surface area contributed by atoms with Crippen molar-refractivity contribution in [2.75, 3.05) is 13.2 Å². The minimum atomic E-state index is -1.70. The Bertz CT molecular complexity index is 745. The molecule has 0 amide bonds. The fraction of sp³-hybridized carbons (Fsp3) is 0.739. The molecule has 2 heterocycles. The van der Waals surface area contributed by atoms with Crippen LogP contribution in [0, 0.1) is 0 Å². The van der Waals surface area contributed by atoms with E-state index in [0.29, 0.717) is 5.92 Å². The van der Waals surface area contributed by atoms with Gasteiger partial charge >= 0.3 is 0 Å². The SMILES string of the molecule is CCC(C)c1ccc(CO[C@H]2[C@@H](O[C@H]3O[C@H](CO)[C@@H](O)[C@H](O)[C@H]3O)O[C@H](CO)[C@@H](O)[C@@H]2O)cc1. The second-order valence-corrected chi connectivity index (χ2v) is 8.87. The maximum atomic E-state index is 10.6. The summed E-state index contributed by atoms with van der Waals surface area (Å²) in [5.41, 5.74) is 1.97. The largest absolute Gasteiger partial charge is 0.394 e. The van der Waals surface area contributed by atoms with Crippen LogP contribution in [0.25, 0.3) is 0 Å². The van der Waals surface area contributed by atoms with E-state index in [4.69, 9.17) is 18.9 Å². The monoisotopic (exact) mass is 488 g/mol. The molecule has 7 N–H and O–H groups in total. The van der Waals surface area contributed by atoms with Gasteiger partial charge < -0.3 is 54.7 Å². The summed E-state index contributed by atoms with van der Waals surface area (Å²) in [7, 11) is 0. The van der Waals surface area contributed by atoms with E-state index in [0.717, 1.165) is 12.0 Å². The van der Waals surface area contributed by atoms with Gasteiger partial charge in [0.05, 0.1) is 19.8 Å². The molecule has 0 saturated carbocycles. The summed E-state index contributed by atoms with van der Waals surface area (Å²) in [5, 5.41) is 70.1. The van der Waals surface area contributed by atoms with E-state index in [1.807, 2.05) is 24.3 Å². The summed E-state index contributed by atoms with van der Waals surface area (Å²) in [6.45, 7) is 2.99. The highest BCUT2D eigenvalue weighted by molar-refractivity contribution is 5.24. The number of benzene rings is 1. The maximum Gasteiger partial charge on any atom is 0.190 e. The van der Waals surface area contributed by atoms with Crippen LogP contribution in [-0.4, -0.2) is 110 Å². The van der Waals surface area contributed by atoms with Crippen LogP contribution < -0.4 is 0 Å². The number of rotatable bonds is 9. The Kier molecular flexibility index (Phi) is 9.78. The summed E-state index contributed by atoms with van der Waals surface area (Å²) in [6.07, 6.45) is -13.6. The quantitative estimate of drug-likeness (QED) is 0.212. The zero-order chi connectivity index (χ0) is 25.0. The van der Waals surface area contributed by atoms with Gasteiger partial charge in [-0.1, -0.05) is 38.1 Å². The second kappa shape index (κ2) is 12.2. The molecular weight excluding hydrogens is 452 g/mol. The van der Waals surface area contributed by atoms with Crippen LogP contribution in [0.15, 0.2) is 24.3 Å². The van der Waals surface area contributed by atoms with Gasteiger partial charge in [-0.25, -0.2) is 0 Å². The summed E-state index contributed by atoms with van der Waals surface area (Å²) in [5.74, 6) is 0.408. The van der Waals surface area contributed by atoms with Crippen molar-refractivity contribution in [3.8, 4) is 0 Å². The molecule has 2 saturated heterocycles. The van der Waals surface area contributed by atoms with Gasteiger partial charge in [-0.05, 0) is 23.5 Å². The summed E-state index contributed by atoms with van der Waals surface area (Å²) in [4.78, 5) is 0. The van der Waals surface area contributed by atoms with Crippen LogP contribution in [0.3, 0.4) is 0 Å². The minimum absolute atomic E-state index is 0.0386. The van der Waals surface area contributed by atoms with Gasteiger partial charge in [0.1, 0.15) is 48.8 Å². The first kappa shape index (κ1) is 27.4. The van der Waals surface area contributed by atoms with E-state index >= 15 is 0 Å². The van der Waals surface area contributed by atoms with E-state index in [9.17, 15) is 35.7 Å². The predicted octanol–water partition coefficient (Wildman–Crippen LogP) is -1.66. The Hall–Kier alpha value is -1.22. The predicted molar refractivity (Wildman–Crippen MR) is 116 cm³/mol. The Morgan fingerprint density at radius 1 is 0.794 bits per heavy atom. The van der Waals surface area contributed by atoms with E-state index < -0.39 is 74.6 Å². The van der Waals surface area contributed by atoms with Crippen molar-refractivity contribution < 1.29 is 54.7 Å². The van der Waals surface area contributed by atoms with Crippen molar-refractivity contribution in [2.45, 2.75) is 94.2 Å². The standard InChI is InChI=1S/C23H36O11/c1-3-11(2)13-6-4-12(5-7-13)10-31-21-19(29)17(27)15(9-25)33-23(21)34-22-20(30)18(28)16(26)14(8-24)32-22/h4-7,11,14-30H,3,8-10H2,1-2H3/t11?,14-,15-,16-,17-,18+,19+,20-,21-,22-,23-/m1/s1. The Balaban J connectivity index is 1.73. The molecule has 2 fully saturated rings. The third-order valence-corrected chi connectivity index (χ3v) is 6.54. The van der Waals surface area contributed by atoms with Crippen LogP contribution in [-0.2, 0) is 25.6 Å². The number of aliphatic hydroxyl groups excluding tert-OH is 7. The highest BCUT2D eigenvalue weighted by atomic mass is 16.8. The number of aliphatic hydroxyl groups is 7. The lowest BCUT2D eigenvalue weighted by atomic mass is 9.97. The van der Waals surface area contributed by atoms with Crippen LogP contribution in [0.5, 0.6) is 0 Å². The average Bonchev–Trinajstić information content (AvgIpc) is 2.85. The first-order valence-corrected chi connectivity index (χ1v) is 11.5. The van der Waals surface area contributed by atoms with Crippen LogP contribution in [0.2, 0.25) is 0 Å². The topological polar surface area (TPSA) is 179 Å². The van der Waals surface area contributed by atoms with Crippen molar-refractivity contribution in [3.63, 3.8) is 0 Å². The second-order valence-electron chi connectivity index (χ2n) is 8.87. The molecule has 1 aromatic rings. The summed E-state index contributed by atoms with van der Waals surface area (Å²) < 4.78 is 22.4. The van der Waals surface area contributed by atoms with Crippen molar-refractivity contribution in [3.05, 3.63) is 35.4 Å². The third-order valence-electron chi connectivity index (χ3n) is 6.54. The molecule has 0 aliphatic carbocycles. The molecule has 11 nitrogen and oxygen atoms in total. The zero-order valence-electron chi connectivity index (χ0n) is 19.3. The van der Waals surface area contributed by atoms with Crippen molar-refractivity contribution in [2.24, 2.45) is 0 Å². The van der Waals surface area contributed by atoms with Crippen LogP contribution in [0.1, 0.15) is 37.3 Å². The molecule has 194 valence electrons. The lowest BCUT2D eigenvalue weighted by Gasteiger charge is -2.45. The smallest absolute Gasteiger partial charge is 0.190 e. The van der Waals surface area contributed by atoms with Crippen molar-refractivity contribution in [1.29, 1.82) is 0 Å². The summed E-state index contributed by atoms with van der Waals surface area (Å²) >= 11 is 0. The zero-order valence-corrected chi connectivity index (χ0v) is 19.3. The van der Waals surface area contributed by atoms with E-state index in [1.54, 1.807) is 0 Å². The van der Waals surface area contributed by atoms with Gasteiger partial charge in [-0.15, -0.1) is 0 Å². The van der Waals surface area contributed by atoms with E-state index in [2.05, 4.69) is 13.8 Å². The molecule has 11 atom stereocenters. The molecule has 0 radical (unpaired) electrons. The van der Waals surface area contributed by atoms with Gasteiger partial charge in [0, 0.05) is 0 Å². The molecule has 2 aliphatic rings. The lowest BCUT2D eigenvalue weighted by molar-refractivity contribution is -0.380. The van der Waals surface area contributed by atoms with Gasteiger partial charge in [0.25, 0.3) is 0 Å². The first-order chi connectivity index (χ1) is 16.2. The molecule has 34 heavy (non-hydrogen) atoms. The van der Waals surface area contributed by atoms with Gasteiger partial charge in [0.15, 0.2) is 12.6 Å². The molecule has 1 aromatic carbocycles. The molecular formula is C23H36O11. The number of hydrogen-bond donors (Lipinski definition) is 7. The molecule has 2 aliphatic heterocycles. The minimum Gasteiger partial charge on any atom is -0.394 e. The number of hydrogen-bond acceptors (Lipinski definition) is 11. The lowest BCUT2D eigenvalue weighted by Crippen LogP contribution is -2.64. The highest BCUT2D eigenvalue weighted by Gasteiger charge is 2.50. The number of ether oxygens (including phenoxy) is 4. The van der Waals surface area contributed by atoms with Gasteiger partial charge in [-0.2, -0.15) is 0 Å². The molecule has 0 spiro atoms. The molecule has 0 bridgehead atoms. The Morgan fingerprint density at radius 2 is 1.35 bits per heavy atom. The van der Waals surface area contributed by atoms with Gasteiger partial charge in [0.2, 0.25) is 0 Å². The molecule has 3 rings (SSSR count). The first-order valence-electron chi connectivity index (χ1n) is 11.5. The van der Waals surface area contributed by atoms with Crippen LogP contribution in [0.4, 0.5) is 0 Å². The third kappa shape index (κ3) is 5.94. The molecule has 11 heteroatoms. The van der Waals surface area contributed by atoms with Gasteiger partial charge in [-0.3, -0.25) is 0 Å². The van der Waals surface area contributed by atoms with Crippen molar-refractivity contribution in [1.82, 2.24) is 0 Å².